The van der Waals surface area contributed by atoms with Crippen molar-refractivity contribution in [3.8, 4) is 0 Å². The Morgan fingerprint density at radius 1 is 1.19 bits per heavy atom. The fourth-order valence-electron chi connectivity index (χ4n) is 2.03. The van der Waals surface area contributed by atoms with E-state index >= 15 is 0 Å². The Bertz CT molecular complexity index is 512. The quantitative estimate of drug-likeness (QED) is 0.679. The summed E-state index contributed by atoms with van der Waals surface area (Å²) in [5.41, 5.74) is 5.20. The van der Waals surface area contributed by atoms with Crippen LogP contribution >= 0.6 is 0 Å². The van der Waals surface area contributed by atoms with E-state index in [4.69, 9.17) is 4.42 Å². The van der Waals surface area contributed by atoms with Gasteiger partial charge in [-0.1, -0.05) is 33.8 Å². The first-order valence-electron chi connectivity index (χ1n) is 5.94. The van der Waals surface area contributed by atoms with Gasteiger partial charge in [0.2, 0.25) is 0 Å². The lowest BCUT2D eigenvalue weighted by molar-refractivity contribution is 0.587. The van der Waals surface area contributed by atoms with Gasteiger partial charge < -0.3 is 4.42 Å². The second kappa shape index (κ2) is 3.65. The van der Waals surface area contributed by atoms with Crippen LogP contribution in [-0.4, -0.2) is 0 Å². The molecular weight excluding hydrogens is 196 g/mol. The van der Waals surface area contributed by atoms with E-state index in [2.05, 4.69) is 46.8 Å². The predicted octanol–water partition coefficient (Wildman–Crippen LogP) is 4.60. The lowest BCUT2D eigenvalue weighted by Gasteiger charge is -2.20. The number of aryl methyl sites for hydroxylation is 2. The topological polar surface area (TPSA) is 13.1 Å². The molecule has 0 radical (unpaired) electrons. The number of fused-ring (bicyclic) bond motifs is 1. The molecule has 0 aliphatic heterocycles. The minimum atomic E-state index is 0.196. The van der Waals surface area contributed by atoms with E-state index in [1.54, 1.807) is 0 Å². The molecule has 86 valence electrons. The van der Waals surface area contributed by atoms with Crippen LogP contribution < -0.4 is 0 Å². The Hall–Kier alpha value is -1.24. The lowest BCUT2D eigenvalue weighted by atomic mass is 9.85. The van der Waals surface area contributed by atoms with Crippen LogP contribution in [0.3, 0.4) is 0 Å². The molecule has 0 saturated carbocycles. The molecule has 0 atom stereocenters. The minimum Gasteiger partial charge on any atom is -0.464 e. The monoisotopic (exact) mass is 216 g/mol. The summed E-state index contributed by atoms with van der Waals surface area (Å²) in [6, 6.07) is 4.55. The summed E-state index contributed by atoms with van der Waals surface area (Å²) in [7, 11) is 0. The molecule has 0 aliphatic rings. The van der Waals surface area contributed by atoms with Gasteiger partial charge in [-0.3, -0.25) is 0 Å². The number of rotatable bonds is 1. The summed E-state index contributed by atoms with van der Waals surface area (Å²) in [5, 5.41) is 1.27. The second-order valence-corrected chi connectivity index (χ2v) is 5.53. The third-order valence-corrected chi connectivity index (χ3v) is 3.19. The highest BCUT2D eigenvalue weighted by Gasteiger charge is 2.17. The SMILES string of the molecule is CCc1cc(C(C)(C)C)cc2c(C)coc12. The molecule has 1 aromatic heterocycles. The third kappa shape index (κ3) is 1.75. The van der Waals surface area contributed by atoms with Crippen molar-refractivity contribution >= 4 is 11.0 Å². The lowest BCUT2D eigenvalue weighted by Crippen LogP contribution is -2.11. The van der Waals surface area contributed by atoms with Crippen molar-refractivity contribution in [1.82, 2.24) is 0 Å². The highest BCUT2D eigenvalue weighted by molar-refractivity contribution is 5.84. The average Bonchev–Trinajstić information content (AvgIpc) is 2.58. The summed E-state index contributed by atoms with van der Waals surface area (Å²) in [6.07, 6.45) is 2.88. The molecule has 0 saturated heterocycles. The fraction of sp³-hybridized carbons (Fsp3) is 0.467. The maximum atomic E-state index is 5.64. The van der Waals surface area contributed by atoms with E-state index in [9.17, 15) is 0 Å². The molecule has 1 heteroatoms. The molecule has 2 aromatic rings. The smallest absolute Gasteiger partial charge is 0.137 e. The second-order valence-electron chi connectivity index (χ2n) is 5.53. The van der Waals surface area contributed by atoms with Crippen molar-refractivity contribution in [2.45, 2.75) is 46.5 Å². The molecule has 1 nitrogen and oxygen atoms in total. The van der Waals surface area contributed by atoms with Crippen molar-refractivity contribution in [2.75, 3.05) is 0 Å². The average molecular weight is 216 g/mol. The fourth-order valence-corrected chi connectivity index (χ4v) is 2.03. The molecule has 0 amide bonds. The van der Waals surface area contributed by atoms with Crippen LogP contribution in [0, 0.1) is 6.92 Å². The maximum Gasteiger partial charge on any atom is 0.137 e. The van der Waals surface area contributed by atoms with Gasteiger partial charge in [0.15, 0.2) is 0 Å². The van der Waals surface area contributed by atoms with Crippen LogP contribution in [0.15, 0.2) is 22.8 Å². The van der Waals surface area contributed by atoms with Crippen LogP contribution in [0.5, 0.6) is 0 Å². The van der Waals surface area contributed by atoms with Gasteiger partial charge in [0.05, 0.1) is 6.26 Å². The van der Waals surface area contributed by atoms with E-state index in [0.29, 0.717) is 0 Å². The highest BCUT2D eigenvalue weighted by atomic mass is 16.3. The highest BCUT2D eigenvalue weighted by Crippen LogP contribution is 2.31. The normalized spacial score (nSPS) is 12.3. The van der Waals surface area contributed by atoms with Crippen molar-refractivity contribution < 1.29 is 4.42 Å². The molecule has 2 rings (SSSR count). The van der Waals surface area contributed by atoms with Crippen molar-refractivity contribution in [3.63, 3.8) is 0 Å². The van der Waals surface area contributed by atoms with Gasteiger partial charge in [-0.25, -0.2) is 0 Å². The summed E-state index contributed by atoms with van der Waals surface area (Å²) >= 11 is 0. The van der Waals surface area contributed by atoms with E-state index < -0.39 is 0 Å². The minimum absolute atomic E-state index is 0.196. The van der Waals surface area contributed by atoms with Crippen LogP contribution in [0.25, 0.3) is 11.0 Å². The molecule has 0 unspecified atom stereocenters. The Morgan fingerprint density at radius 3 is 2.44 bits per heavy atom. The van der Waals surface area contributed by atoms with Crippen molar-refractivity contribution in [1.29, 1.82) is 0 Å². The molecule has 0 spiro atoms. The van der Waals surface area contributed by atoms with Gasteiger partial charge in [-0.15, -0.1) is 0 Å². The van der Waals surface area contributed by atoms with Gasteiger partial charge in [-0.05, 0) is 41.5 Å². The molecular formula is C15H20O. The van der Waals surface area contributed by atoms with Gasteiger partial charge in [-0.2, -0.15) is 0 Å². The van der Waals surface area contributed by atoms with E-state index in [-0.39, 0.29) is 5.41 Å². The van der Waals surface area contributed by atoms with E-state index in [1.165, 1.54) is 22.1 Å². The summed E-state index contributed by atoms with van der Waals surface area (Å²) in [4.78, 5) is 0. The largest absolute Gasteiger partial charge is 0.464 e. The number of hydrogen-bond acceptors (Lipinski definition) is 1. The first kappa shape index (κ1) is 11.3. The van der Waals surface area contributed by atoms with Crippen LogP contribution in [-0.2, 0) is 11.8 Å². The van der Waals surface area contributed by atoms with Gasteiger partial charge >= 0.3 is 0 Å². The third-order valence-electron chi connectivity index (χ3n) is 3.19. The zero-order chi connectivity index (χ0) is 11.9. The zero-order valence-corrected chi connectivity index (χ0v) is 10.8. The van der Waals surface area contributed by atoms with Crippen molar-refractivity contribution in [2.24, 2.45) is 0 Å². The standard InChI is InChI=1S/C15H20O/c1-6-11-7-12(15(3,4)5)8-13-10(2)9-16-14(11)13/h7-9H,6H2,1-5H3. The van der Waals surface area contributed by atoms with Gasteiger partial charge in [0.25, 0.3) is 0 Å². The van der Waals surface area contributed by atoms with Gasteiger partial charge in [0.1, 0.15) is 5.58 Å². The van der Waals surface area contributed by atoms with Crippen LogP contribution in [0.4, 0.5) is 0 Å². The Morgan fingerprint density at radius 2 is 1.88 bits per heavy atom. The molecule has 0 aliphatic carbocycles. The molecule has 16 heavy (non-hydrogen) atoms. The van der Waals surface area contributed by atoms with E-state index in [0.717, 1.165) is 12.0 Å². The Balaban J connectivity index is 2.76. The summed E-state index contributed by atoms with van der Waals surface area (Å²) < 4.78 is 5.64. The molecule has 1 heterocycles. The molecule has 0 fully saturated rings. The maximum absolute atomic E-state index is 5.64. The molecule has 0 N–H and O–H groups in total. The predicted molar refractivity (Wildman–Crippen MR) is 69.0 cm³/mol. The Labute approximate surface area is 97.5 Å². The van der Waals surface area contributed by atoms with Gasteiger partial charge in [0, 0.05) is 5.39 Å². The molecule has 0 bridgehead atoms. The number of furan rings is 1. The number of hydrogen-bond donors (Lipinski definition) is 0. The Kier molecular flexibility index (Phi) is 2.57. The first-order chi connectivity index (χ1) is 7.43. The summed E-state index contributed by atoms with van der Waals surface area (Å²) in [6.45, 7) is 11.0. The molecule has 1 aromatic carbocycles. The van der Waals surface area contributed by atoms with Crippen molar-refractivity contribution in [3.05, 3.63) is 35.1 Å². The number of benzene rings is 1. The zero-order valence-electron chi connectivity index (χ0n) is 10.8. The van der Waals surface area contributed by atoms with E-state index in [1.807, 2.05) is 6.26 Å². The first-order valence-corrected chi connectivity index (χ1v) is 5.94. The van der Waals surface area contributed by atoms with Crippen LogP contribution in [0.2, 0.25) is 0 Å². The summed E-state index contributed by atoms with van der Waals surface area (Å²) in [5.74, 6) is 0. The van der Waals surface area contributed by atoms with Crippen LogP contribution in [0.1, 0.15) is 44.4 Å².